The Hall–Kier alpha value is -7.14. The molecule has 264 valence electrons. The lowest BCUT2D eigenvalue weighted by atomic mass is 9.93. The zero-order valence-corrected chi connectivity index (χ0v) is 31.5. The number of para-hydroxylation sites is 2. The van der Waals surface area contributed by atoms with E-state index in [0.717, 1.165) is 33.7 Å². The molecular weight excluding hydrogens is 711 g/mol. The molecule has 1 unspecified atom stereocenters. The van der Waals surface area contributed by atoms with Gasteiger partial charge in [-0.2, -0.15) is 0 Å². The molecule has 0 amide bonds. The van der Waals surface area contributed by atoms with Gasteiger partial charge in [-0.15, -0.1) is 11.3 Å². The minimum Gasteiger partial charge on any atom is -0.309 e. The van der Waals surface area contributed by atoms with Crippen LogP contribution in [0.5, 0.6) is 0 Å². The lowest BCUT2D eigenvalue weighted by Crippen LogP contribution is -2.08. The molecule has 0 saturated heterocycles. The van der Waals surface area contributed by atoms with Gasteiger partial charge in [0.25, 0.3) is 0 Å². The van der Waals surface area contributed by atoms with E-state index in [-0.39, 0.29) is 5.92 Å². The molecule has 57 heavy (non-hydrogen) atoms. The molecule has 0 fully saturated rings. The topological polar surface area (TPSA) is 30.7 Å². The largest absolute Gasteiger partial charge is 0.309 e. The van der Waals surface area contributed by atoms with Gasteiger partial charge in [0.05, 0.1) is 28.2 Å². The second-order valence-electron chi connectivity index (χ2n) is 15.2. The summed E-state index contributed by atoms with van der Waals surface area (Å²) in [5.41, 5.74) is 11.6. The summed E-state index contributed by atoms with van der Waals surface area (Å²) in [5, 5.41) is 11.1. The van der Waals surface area contributed by atoms with Crippen molar-refractivity contribution in [2.45, 2.75) is 5.92 Å². The van der Waals surface area contributed by atoms with Gasteiger partial charge in [-0.25, -0.2) is 9.97 Å². The molecule has 3 aromatic heterocycles. The zero-order valence-electron chi connectivity index (χ0n) is 30.6. The van der Waals surface area contributed by atoms with Gasteiger partial charge in [-0.05, 0) is 74.8 Å². The van der Waals surface area contributed by atoms with Crippen LogP contribution in [0.15, 0.2) is 182 Å². The van der Waals surface area contributed by atoms with E-state index in [0.29, 0.717) is 0 Å². The van der Waals surface area contributed by atoms with Crippen LogP contribution in [0, 0.1) is 0 Å². The van der Waals surface area contributed by atoms with Crippen molar-refractivity contribution >= 4 is 85.8 Å². The average molecular weight is 742 g/mol. The number of rotatable bonds is 3. The van der Waals surface area contributed by atoms with Crippen LogP contribution in [0.2, 0.25) is 0 Å². The molecule has 1 aliphatic rings. The number of thiophene rings is 1. The molecule has 4 heteroatoms. The Morgan fingerprint density at radius 2 is 1.16 bits per heavy atom. The standard InChI is InChI=1S/C53H31N3S/c1-3-14-34-31(12-1)25-28-41-48(34)37-29-26-33(56-45-21-9-6-16-36(45)38-27-24-32-13-2-4-15-35(32)52(38)56)30-43(37)50(41)53-54-44-20-8-5-17-39(44)51(55-53)42-19-11-23-47-49(42)40-18-7-10-22-46(40)57-47/h1-30,50H. The second-order valence-corrected chi connectivity index (χ2v) is 16.3. The first kappa shape index (κ1) is 31.1. The summed E-state index contributed by atoms with van der Waals surface area (Å²) >= 11 is 1.84. The molecule has 13 rings (SSSR count). The van der Waals surface area contributed by atoms with Crippen LogP contribution >= 0.6 is 11.3 Å². The van der Waals surface area contributed by atoms with Crippen LogP contribution in [0.1, 0.15) is 22.9 Å². The molecule has 0 N–H and O–H groups in total. The summed E-state index contributed by atoms with van der Waals surface area (Å²) in [6, 6.07) is 66.5. The van der Waals surface area contributed by atoms with Gasteiger partial charge in [0.1, 0.15) is 5.82 Å². The third-order valence-corrected chi connectivity index (χ3v) is 13.4. The minimum absolute atomic E-state index is 0.175. The predicted molar refractivity (Wildman–Crippen MR) is 240 cm³/mol. The normalized spacial score (nSPS) is 13.8. The van der Waals surface area contributed by atoms with E-state index in [1.807, 2.05) is 11.3 Å². The highest BCUT2D eigenvalue weighted by atomic mass is 32.1. The number of benzene rings is 9. The summed E-state index contributed by atoms with van der Waals surface area (Å²) in [5.74, 6) is 0.645. The fourth-order valence-corrected chi connectivity index (χ4v) is 11.0. The Morgan fingerprint density at radius 3 is 2.05 bits per heavy atom. The summed E-state index contributed by atoms with van der Waals surface area (Å²) in [7, 11) is 0. The maximum absolute atomic E-state index is 5.69. The highest BCUT2D eigenvalue weighted by Gasteiger charge is 2.35. The number of aromatic nitrogens is 3. The third kappa shape index (κ3) is 4.36. The Labute approximate surface area is 331 Å². The number of fused-ring (bicyclic) bond motifs is 14. The van der Waals surface area contributed by atoms with E-state index in [4.69, 9.17) is 9.97 Å². The molecule has 0 aliphatic heterocycles. The smallest absolute Gasteiger partial charge is 0.141 e. The number of nitrogens with zero attached hydrogens (tertiary/aromatic N) is 3. The number of hydrogen-bond acceptors (Lipinski definition) is 3. The highest BCUT2D eigenvalue weighted by Crippen LogP contribution is 2.52. The van der Waals surface area contributed by atoms with Crippen molar-refractivity contribution in [2.75, 3.05) is 0 Å². The van der Waals surface area contributed by atoms with Gasteiger partial charge in [0.15, 0.2) is 0 Å². The van der Waals surface area contributed by atoms with E-state index in [9.17, 15) is 0 Å². The van der Waals surface area contributed by atoms with Crippen LogP contribution in [0.25, 0.3) is 102 Å². The van der Waals surface area contributed by atoms with Crippen LogP contribution in [-0.2, 0) is 0 Å². The molecule has 1 atom stereocenters. The summed E-state index contributed by atoms with van der Waals surface area (Å²) in [6.45, 7) is 0. The summed E-state index contributed by atoms with van der Waals surface area (Å²) in [6.07, 6.45) is 0. The lowest BCUT2D eigenvalue weighted by Gasteiger charge is -2.18. The van der Waals surface area contributed by atoms with Crippen LogP contribution < -0.4 is 0 Å². The maximum Gasteiger partial charge on any atom is 0.141 e. The Bertz CT molecular complexity index is 3670. The van der Waals surface area contributed by atoms with Crippen molar-refractivity contribution in [2.24, 2.45) is 0 Å². The van der Waals surface area contributed by atoms with Crippen molar-refractivity contribution < 1.29 is 0 Å². The second kappa shape index (κ2) is 11.7. The van der Waals surface area contributed by atoms with Crippen molar-refractivity contribution in [1.82, 2.24) is 14.5 Å². The molecule has 1 aliphatic carbocycles. The molecule has 3 heterocycles. The molecule has 3 nitrogen and oxygen atoms in total. The highest BCUT2D eigenvalue weighted by molar-refractivity contribution is 7.25. The SMILES string of the molecule is c1ccc2c3c(ccc2c1)C(c1nc(-c2cccc4sc5ccccc5c24)c2ccccc2n1)c1cc(-n2c4ccccc4c4ccc5ccccc5c42)ccc1-3. The van der Waals surface area contributed by atoms with E-state index >= 15 is 0 Å². The van der Waals surface area contributed by atoms with E-state index in [1.165, 1.54) is 85.8 Å². The van der Waals surface area contributed by atoms with Gasteiger partial charge < -0.3 is 4.57 Å². The van der Waals surface area contributed by atoms with Crippen molar-refractivity contribution in [3.05, 3.63) is 199 Å². The maximum atomic E-state index is 5.69. The minimum atomic E-state index is -0.175. The molecule has 9 aromatic carbocycles. The first-order valence-corrected chi connectivity index (χ1v) is 20.3. The van der Waals surface area contributed by atoms with Gasteiger partial charge in [-0.3, -0.25) is 0 Å². The van der Waals surface area contributed by atoms with Gasteiger partial charge >= 0.3 is 0 Å². The van der Waals surface area contributed by atoms with Gasteiger partial charge in [-0.1, -0.05) is 146 Å². The Balaban J connectivity index is 1.12. The van der Waals surface area contributed by atoms with Crippen molar-refractivity contribution in [3.63, 3.8) is 0 Å². The number of hydrogen-bond donors (Lipinski definition) is 0. The zero-order chi connectivity index (χ0) is 37.2. The summed E-state index contributed by atoms with van der Waals surface area (Å²) < 4.78 is 5.03. The Kier molecular flexibility index (Phi) is 6.38. The van der Waals surface area contributed by atoms with E-state index < -0.39 is 0 Å². The summed E-state index contributed by atoms with van der Waals surface area (Å²) in [4.78, 5) is 11.2. The molecule has 0 saturated carbocycles. The van der Waals surface area contributed by atoms with Gasteiger partial charge in [0.2, 0.25) is 0 Å². The fraction of sp³-hybridized carbons (Fsp3) is 0.0189. The van der Waals surface area contributed by atoms with Crippen molar-refractivity contribution in [3.8, 4) is 28.1 Å². The lowest BCUT2D eigenvalue weighted by molar-refractivity contribution is 0.890. The van der Waals surface area contributed by atoms with Crippen LogP contribution in [-0.4, -0.2) is 14.5 Å². The van der Waals surface area contributed by atoms with E-state index in [2.05, 4.69) is 187 Å². The fourth-order valence-electron chi connectivity index (χ4n) is 9.83. The molecular formula is C53H31N3S. The monoisotopic (exact) mass is 741 g/mol. The van der Waals surface area contributed by atoms with Crippen LogP contribution in [0.3, 0.4) is 0 Å². The van der Waals surface area contributed by atoms with E-state index in [1.54, 1.807) is 0 Å². The van der Waals surface area contributed by atoms with Crippen molar-refractivity contribution in [1.29, 1.82) is 0 Å². The first-order chi connectivity index (χ1) is 28.3. The first-order valence-electron chi connectivity index (χ1n) is 19.5. The predicted octanol–water partition coefficient (Wildman–Crippen LogP) is 14.2. The Morgan fingerprint density at radius 1 is 0.456 bits per heavy atom. The third-order valence-electron chi connectivity index (χ3n) is 12.2. The quantitative estimate of drug-likeness (QED) is 0.181. The van der Waals surface area contributed by atoms with Crippen LogP contribution in [0.4, 0.5) is 0 Å². The molecule has 0 radical (unpaired) electrons. The molecule has 0 spiro atoms. The average Bonchev–Trinajstić information content (AvgIpc) is 3.94. The van der Waals surface area contributed by atoms with Gasteiger partial charge in [0, 0.05) is 53.0 Å². The molecule has 0 bridgehead atoms. The molecule has 12 aromatic rings.